The van der Waals surface area contributed by atoms with E-state index in [9.17, 15) is 10.1 Å². The second kappa shape index (κ2) is 7.70. The zero-order valence-electron chi connectivity index (χ0n) is 17.7. The highest BCUT2D eigenvalue weighted by molar-refractivity contribution is 6.06. The second-order valence-corrected chi connectivity index (χ2v) is 8.31. The lowest BCUT2D eigenvalue weighted by atomic mass is 9.77. The van der Waals surface area contributed by atoms with Crippen LogP contribution in [0.4, 0.5) is 11.7 Å². The molecule has 6 rings (SSSR count). The molecule has 0 bridgehead atoms. The van der Waals surface area contributed by atoms with Gasteiger partial charge in [-0.25, -0.2) is 5.01 Å². The summed E-state index contributed by atoms with van der Waals surface area (Å²) in [6, 6.07) is 25.5. The van der Waals surface area contributed by atoms with Crippen molar-refractivity contribution in [2.75, 3.05) is 5.01 Å². The number of oxazole rings is 1. The second-order valence-electron chi connectivity index (χ2n) is 8.31. The Morgan fingerprint density at radius 2 is 1.73 bits per heavy atom. The molecule has 3 aromatic carbocycles. The highest BCUT2D eigenvalue weighted by Crippen LogP contribution is 2.45. The number of hydrogen-bond donors (Lipinski definition) is 0. The number of non-ortho nitro benzene ring substituents is 1. The molecule has 0 amide bonds. The standard InChI is InChI=1S/C26H20N4O3/c31-30(32)20-13-10-18(11-14-20)23-16-33-26(27-23)29-25(19-7-2-1-3-8-19)22-15-12-17-6-4-5-9-21(17)24(22)28-29/h1-11,13-14,16,22,25H,12,15H2/t22-,25+/m0/s1. The van der Waals surface area contributed by atoms with Crippen molar-refractivity contribution < 1.29 is 9.34 Å². The first-order chi connectivity index (χ1) is 16.2. The van der Waals surface area contributed by atoms with E-state index in [2.05, 4.69) is 36.4 Å². The van der Waals surface area contributed by atoms with E-state index in [0.717, 1.165) is 29.7 Å². The van der Waals surface area contributed by atoms with Crippen molar-refractivity contribution in [3.8, 4) is 11.3 Å². The lowest BCUT2D eigenvalue weighted by Crippen LogP contribution is -2.28. The Balaban J connectivity index is 1.41. The average Bonchev–Trinajstić information content (AvgIpc) is 3.50. The fourth-order valence-corrected chi connectivity index (χ4v) is 4.86. The van der Waals surface area contributed by atoms with E-state index in [0.29, 0.717) is 11.7 Å². The van der Waals surface area contributed by atoms with Crippen LogP contribution in [0.3, 0.4) is 0 Å². The van der Waals surface area contributed by atoms with Crippen LogP contribution >= 0.6 is 0 Å². The summed E-state index contributed by atoms with van der Waals surface area (Å²) in [5.41, 5.74) is 6.15. The van der Waals surface area contributed by atoms with Gasteiger partial charge in [0.2, 0.25) is 0 Å². The van der Waals surface area contributed by atoms with Crippen molar-refractivity contribution >= 4 is 17.4 Å². The van der Waals surface area contributed by atoms with Crippen LogP contribution in [0.15, 0.2) is 94.6 Å². The molecule has 2 heterocycles. The van der Waals surface area contributed by atoms with Gasteiger partial charge < -0.3 is 4.42 Å². The van der Waals surface area contributed by atoms with E-state index >= 15 is 0 Å². The molecule has 0 fully saturated rings. The van der Waals surface area contributed by atoms with E-state index < -0.39 is 4.92 Å². The molecule has 2 atom stereocenters. The van der Waals surface area contributed by atoms with Gasteiger partial charge in [0.1, 0.15) is 12.0 Å². The summed E-state index contributed by atoms with van der Waals surface area (Å²) in [7, 11) is 0. The molecule has 1 aliphatic heterocycles. The number of nitro groups is 1. The molecule has 33 heavy (non-hydrogen) atoms. The molecule has 0 saturated heterocycles. The van der Waals surface area contributed by atoms with Crippen molar-refractivity contribution in [2.45, 2.75) is 18.9 Å². The summed E-state index contributed by atoms with van der Waals surface area (Å²) >= 11 is 0. The minimum atomic E-state index is -0.414. The predicted molar refractivity (Wildman–Crippen MR) is 125 cm³/mol. The summed E-state index contributed by atoms with van der Waals surface area (Å²) in [4.78, 5) is 15.3. The quantitative estimate of drug-likeness (QED) is 0.299. The Morgan fingerprint density at radius 1 is 0.970 bits per heavy atom. The molecular weight excluding hydrogens is 416 g/mol. The third kappa shape index (κ3) is 3.29. The summed E-state index contributed by atoms with van der Waals surface area (Å²) in [6.07, 6.45) is 3.59. The highest BCUT2D eigenvalue weighted by Gasteiger charge is 2.43. The molecule has 2 aliphatic rings. The number of benzene rings is 3. The van der Waals surface area contributed by atoms with Crippen molar-refractivity contribution in [1.82, 2.24) is 4.98 Å². The Morgan fingerprint density at radius 3 is 2.52 bits per heavy atom. The minimum Gasteiger partial charge on any atom is -0.430 e. The monoisotopic (exact) mass is 436 g/mol. The average molecular weight is 436 g/mol. The summed E-state index contributed by atoms with van der Waals surface area (Å²) < 4.78 is 5.90. The molecule has 0 radical (unpaired) electrons. The van der Waals surface area contributed by atoms with Gasteiger partial charge in [-0.05, 0) is 36.1 Å². The van der Waals surface area contributed by atoms with Crippen LogP contribution < -0.4 is 5.01 Å². The van der Waals surface area contributed by atoms with Crippen LogP contribution in [0.5, 0.6) is 0 Å². The van der Waals surface area contributed by atoms with E-state index in [1.807, 2.05) is 23.2 Å². The van der Waals surface area contributed by atoms with Gasteiger partial charge in [0.15, 0.2) is 0 Å². The smallest absolute Gasteiger partial charge is 0.319 e. The maximum absolute atomic E-state index is 11.0. The number of rotatable bonds is 4. The van der Waals surface area contributed by atoms with E-state index in [4.69, 9.17) is 14.5 Å². The summed E-state index contributed by atoms with van der Waals surface area (Å²) in [5.74, 6) is 0.233. The van der Waals surface area contributed by atoms with Crippen LogP contribution in [0.1, 0.15) is 29.2 Å². The van der Waals surface area contributed by atoms with Gasteiger partial charge in [-0.3, -0.25) is 10.1 Å². The Kier molecular flexibility index (Phi) is 4.54. The van der Waals surface area contributed by atoms with Gasteiger partial charge in [0.05, 0.1) is 16.7 Å². The number of hydrazone groups is 1. The van der Waals surface area contributed by atoms with Crippen molar-refractivity contribution in [3.63, 3.8) is 0 Å². The first-order valence-corrected chi connectivity index (χ1v) is 10.9. The largest absolute Gasteiger partial charge is 0.430 e. The van der Waals surface area contributed by atoms with E-state index in [1.165, 1.54) is 23.3 Å². The first kappa shape index (κ1) is 19.4. The number of anilines is 1. The van der Waals surface area contributed by atoms with E-state index in [1.54, 1.807) is 18.4 Å². The zero-order chi connectivity index (χ0) is 22.4. The fraction of sp³-hybridized carbons (Fsp3) is 0.154. The molecule has 7 heteroatoms. The van der Waals surface area contributed by atoms with Gasteiger partial charge in [-0.2, -0.15) is 10.1 Å². The number of aryl methyl sites for hydroxylation is 1. The maximum atomic E-state index is 11.0. The molecule has 1 aromatic heterocycles. The summed E-state index contributed by atoms with van der Waals surface area (Å²) in [5, 5.41) is 17.9. The van der Waals surface area contributed by atoms with Gasteiger partial charge >= 0.3 is 6.01 Å². The predicted octanol–water partition coefficient (Wildman–Crippen LogP) is 5.78. The van der Waals surface area contributed by atoms with Gasteiger partial charge in [-0.15, -0.1) is 0 Å². The van der Waals surface area contributed by atoms with Crippen LogP contribution in [0, 0.1) is 16.0 Å². The zero-order valence-corrected chi connectivity index (χ0v) is 17.7. The number of hydrogen-bond acceptors (Lipinski definition) is 6. The van der Waals surface area contributed by atoms with Gasteiger partial charge in [0.25, 0.3) is 5.69 Å². The maximum Gasteiger partial charge on any atom is 0.319 e. The number of nitro benzene ring substituents is 1. The number of nitrogens with zero attached hydrogens (tertiary/aromatic N) is 4. The molecule has 0 spiro atoms. The molecule has 162 valence electrons. The molecule has 7 nitrogen and oxygen atoms in total. The van der Waals surface area contributed by atoms with Crippen LogP contribution in [-0.2, 0) is 6.42 Å². The van der Waals surface area contributed by atoms with Crippen molar-refractivity contribution in [3.05, 3.63) is 112 Å². The molecule has 0 saturated carbocycles. The topological polar surface area (TPSA) is 84.8 Å². The molecule has 4 aromatic rings. The van der Waals surface area contributed by atoms with Gasteiger partial charge in [0, 0.05) is 29.2 Å². The third-order valence-corrected chi connectivity index (χ3v) is 6.43. The molecule has 0 N–H and O–H groups in total. The van der Waals surface area contributed by atoms with Crippen LogP contribution in [0.2, 0.25) is 0 Å². The molecule has 1 aliphatic carbocycles. The van der Waals surface area contributed by atoms with Gasteiger partial charge in [-0.1, -0.05) is 54.6 Å². The lowest BCUT2D eigenvalue weighted by Gasteiger charge is -2.29. The Labute approximate surface area is 190 Å². The van der Waals surface area contributed by atoms with E-state index in [-0.39, 0.29) is 17.6 Å². The van der Waals surface area contributed by atoms with Crippen LogP contribution in [0.25, 0.3) is 11.3 Å². The highest BCUT2D eigenvalue weighted by atomic mass is 16.6. The van der Waals surface area contributed by atoms with Crippen LogP contribution in [-0.4, -0.2) is 15.6 Å². The molecule has 0 unspecified atom stereocenters. The lowest BCUT2D eigenvalue weighted by molar-refractivity contribution is -0.384. The number of fused-ring (bicyclic) bond motifs is 3. The normalized spacial score (nSPS) is 19.0. The summed E-state index contributed by atoms with van der Waals surface area (Å²) in [6.45, 7) is 0. The number of aromatic nitrogens is 1. The SMILES string of the molecule is O=[N+]([O-])c1ccc(-c2coc(N3N=C4c5ccccc5CC[C@@H]4[C@H]3c3ccccc3)n2)cc1. The fourth-order valence-electron chi connectivity index (χ4n) is 4.86. The van der Waals surface area contributed by atoms with Crippen molar-refractivity contribution in [2.24, 2.45) is 11.0 Å². The van der Waals surface area contributed by atoms with Crippen molar-refractivity contribution in [1.29, 1.82) is 0 Å². The third-order valence-electron chi connectivity index (χ3n) is 6.43. The minimum absolute atomic E-state index is 0.0158. The molecular formula is C26H20N4O3. The first-order valence-electron chi connectivity index (χ1n) is 10.9. The Hall–Kier alpha value is -4.26. The Bertz CT molecular complexity index is 1360.